The molecule has 1 N–H and O–H groups in total. The fraction of sp³-hybridized carbons (Fsp3) is 0.818. The van der Waals surface area contributed by atoms with E-state index >= 15 is 0 Å². The van der Waals surface area contributed by atoms with Crippen molar-refractivity contribution in [3.8, 4) is 0 Å². The molecule has 0 saturated heterocycles. The van der Waals surface area contributed by atoms with Gasteiger partial charge in [-0.3, -0.25) is 9.59 Å². The molecule has 4 nitrogen and oxygen atoms in total. The Morgan fingerprint density at radius 1 is 1.12 bits per heavy atom. The second-order valence-electron chi connectivity index (χ2n) is 9.80. The minimum absolute atomic E-state index is 0.0847. The van der Waals surface area contributed by atoms with Gasteiger partial charge in [-0.25, -0.2) is 0 Å². The van der Waals surface area contributed by atoms with Crippen LogP contribution in [0, 0.1) is 34.5 Å². The SMILES string of the molecule is C[C@]12CC[C@@H](OC(=O)CC(=O)O)C[C@H]1CC[C@@H]1[C@@H]2CC[C@@]2(C)C=CC[C@@H]12. The molecular weight excluding hydrogens is 328 g/mol. The van der Waals surface area contributed by atoms with Crippen LogP contribution in [0.2, 0.25) is 0 Å². The Balaban J connectivity index is 1.44. The molecule has 4 aliphatic carbocycles. The number of carboxylic acids is 1. The first-order chi connectivity index (χ1) is 12.3. The van der Waals surface area contributed by atoms with Crippen molar-refractivity contribution in [1.29, 1.82) is 0 Å². The maximum absolute atomic E-state index is 11.7. The summed E-state index contributed by atoms with van der Waals surface area (Å²) in [4.78, 5) is 22.4. The van der Waals surface area contributed by atoms with Crippen molar-refractivity contribution in [1.82, 2.24) is 0 Å². The maximum atomic E-state index is 11.7. The van der Waals surface area contributed by atoms with E-state index in [4.69, 9.17) is 9.84 Å². The van der Waals surface area contributed by atoms with Gasteiger partial charge in [0.2, 0.25) is 0 Å². The lowest BCUT2D eigenvalue weighted by atomic mass is 9.45. The van der Waals surface area contributed by atoms with E-state index in [-0.39, 0.29) is 6.10 Å². The summed E-state index contributed by atoms with van der Waals surface area (Å²) in [7, 11) is 0. The zero-order valence-electron chi connectivity index (χ0n) is 16.1. The zero-order chi connectivity index (χ0) is 18.5. The van der Waals surface area contributed by atoms with E-state index in [9.17, 15) is 9.59 Å². The predicted octanol–water partition coefficient (Wildman–Crippen LogP) is 4.58. The summed E-state index contributed by atoms with van der Waals surface area (Å²) in [5.74, 6) is 1.40. The fourth-order valence-corrected chi connectivity index (χ4v) is 7.16. The Hall–Kier alpha value is -1.32. The minimum Gasteiger partial charge on any atom is -0.481 e. The molecule has 7 atom stereocenters. The number of hydrogen-bond donors (Lipinski definition) is 1. The molecule has 0 amide bonds. The lowest BCUT2D eigenvalue weighted by Crippen LogP contribution is -2.53. The summed E-state index contributed by atoms with van der Waals surface area (Å²) >= 11 is 0. The van der Waals surface area contributed by atoms with E-state index in [2.05, 4.69) is 26.0 Å². The predicted molar refractivity (Wildman–Crippen MR) is 98.4 cm³/mol. The van der Waals surface area contributed by atoms with E-state index in [1.54, 1.807) is 0 Å². The highest BCUT2D eigenvalue weighted by Gasteiger charge is 2.57. The van der Waals surface area contributed by atoms with Crippen LogP contribution in [0.5, 0.6) is 0 Å². The van der Waals surface area contributed by atoms with Gasteiger partial charge in [-0.1, -0.05) is 26.0 Å². The number of carbonyl (C=O) groups is 2. The smallest absolute Gasteiger partial charge is 0.317 e. The number of carbonyl (C=O) groups excluding carboxylic acids is 1. The Morgan fingerprint density at radius 2 is 1.92 bits per heavy atom. The Labute approximate surface area is 156 Å². The fourth-order valence-electron chi connectivity index (χ4n) is 7.16. The van der Waals surface area contributed by atoms with Crippen LogP contribution in [0.3, 0.4) is 0 Å². The standard InChI is InChI=1S/C22H32O4/c1-21-9-3-4-17(21)16-6-5-14-12-15(26-20(25)13-19(23)24)7-11-22(14,2)18(16)8-10-21/h3,9,14-18H,4-8,10-13H2,1-2H3,(H,23,24)/t14-,15-,16+,17+,18+,21-,22+/m1/s1. The summed E-state index contributed by atoms with van der Waals surface area (Å²) in [5.41, 5.74) is 0.788. The quantitative estimate of drug-likeness (QED) is 0.454. The molecule has 0 aromatic rings. The van der Waals surface area contributed by atoms with Gasteiger partial charge in [0.1, 0.15) is 12.5 Å². The molecule has 4 aliphatic rings. The molecule has 0 radical (unpaired) electrons. The van der Waals surface area contributed by atoms with Crippen molar-refractivity contribution in [2.75, 3.05) is 0 Å². The van der Waals surface area contributed by atoms with Gasteiger partial charge in [0, 0.05) is 0 Å². The number of fused-ring (bicyclic) bond motifs is 5. The first-order valence-electron chi connectivity index (χ1n) is 10.4. The van der Waals surface area contributed by atoms with Crippen LogP contribution in [0.4, 0.5) is 0 Å². The van der Waals surface area contributed by atoms with Crippen LogP contribution in [-0.2, 0) is 14.3 Å². The van der Waals surface area contributed by atoms with Crippen molar-refractivity contribution in [3.05, 3.63) is 12.2 Å². The Kier molecular flexibility index (Phi) is 4.44. The summed E-state index contributed by atoms with van der Waals surface area (Å²) < 4.78 is 5.49. The zero-order valence-corrected chi connectivity index (χ0v) is 16.1. The molecule has 144 valence electrons. The molecule has 0 unspecified atom stereocenters. The topological polar surface area (TPSA) is 63.6 Å². The van der Waals surface area contributed by atoms with Crippen LogP contribution >= 0.6 is 0 Å². The molecule has 4 heteroatoms. The lowest BCUT2D eigenvalue weighted by Gasteiger charge is -2.60. The molecule has 0 aliphatic heterocycles. The highest BCUT2D eigenvalue weighted by Crippen LogP contribution is 2.65. The summed E-state index contributed by atoms with van der Waals surface area (Å²) in [6, 6.07) is 0. The molecule has 0 aromatic carbocycles. The first kappa shape index (κ1) is 18.1. The van der Waals surface area contributed by atoms with Crippen molar-refractivity contribution >= 4 is 11.9 Å². The number of rotatable bonds is 3. The minimum atomic E-state index is -1.11. The second kappa shape index (κ2) is 6.38. The molecule has 0 bridgehead atoms. The van der Waals surface area contributed by atoms with Gasteiger partial charge in [-0.05, 0) is 85.9 Å². The van der Waals surface area contributed by atoms with Gasteiger partial charge in [-0.15, -0.1) is 0 Å². The number of ether oxygens (including phenoxy) is 1. The lowest BCUT2D eigenvalue weighted by molar-refractivity contribution is -0.164. The normalized spacial score (nSPS) is 46.8. The average Bonchev–Trinajstić information content (AvgIpc) is 2.96. The Bertz CT molecular complexity index is 626. The molecule has 3 fully saturated rings. The number of hydrogen-bond acceptors (Lipinski definition) is 3. The van der Waals surface area contributed by atoms with Crippen molar-refractivity contribution in [2.24, 2.45) is 34.5 Å². The monoisotopic (exact) mass is 360 g/mol. The van der Waals surface area contributed by atoms with Gasteiger partial charge in [0.15, 0.2) is 0 Å². The Morgan fingerprint density at radius 3 is 2.69 bits per heavy atom. The van der Waals surface area contributed by atoms with Crippen LogP contribution in [0.1, 0.15) is 71.6 Å². The molecular formula is C22H32O4. The van der Waals surface area contributed by atoms with Crippen molar-refractivity contribution < 1.29 is 19.4 Å². The van der Waals surface area contributed by atoms with Gasteiger partial charge in [-0.2, -0.15) is 0 Å². The summed E-state index contributed by atoms with van der Waals surface area (Å²) in [6.07, 6.45) is 13.7. The second-order valence-corrected chi connectivity index (χ2v) is 9.80. The number of carboxylic acid groups (broad SMARTS) is 1. The molecule has 26 heavy (non-hydrogen) atoms. The van der Waals surface area contributed by atoms with Crippen LogP contribution in [0.15, 0.2) is 12.2 Å². The maximum Gasteiger partial charge on any atom is 0.317 e. The first-order valence-corrected chi connectivity index (χ1v) is 10.4. The molecule has 0 spiro atoms. The average molecular weight is 360 g/mol. The van der Waals surface area contributed by atoms with Gasteiger partial charge < -0.3 is 9.84 Å². The van der Waals surface area contributed by atoms with Gasteiger partial charge in [0.05, 0.1) is 0 Å². The van der Waals surface area contributed by atoms with E-state index in [0.29, 0.717) is 16.7 Å². The van der Waals surface area contributed by atoms with Gasteiger partial charge in [0.25, 0.3) is 0 Å². The number of allylic oxidation sites excluding steroid dienone is 2. The highest BCUT2D eigenvalue weighted by atomic mass is 16.5. The van der Waals surface area contributed by atoms with E-state index in [1.165, 1.54) is 32.1 Å². The van der Waals surface area contributed by atoms with Gasteiger partial charge >= 0.3 is 11.9 Å². The highest BCUT2D eigenvalue weighted by molar-refractivity contribution is 5.90. The molecule has 0 aromatic heterocycles. The molecule has 0 heterocycles. The third-order valence-corrected chi connectivity index (χ3v) is 8.54. The third-order valence-electron chi connectivity index (χ3n) is 8.54. The van der Waals surface area contributed by atoms with Crippen molar-refractivity contribution in [3.63, 3.8) is 0 Å². The summed E-state index contributed by atoms with van der Waals surface area (Å²) in [5, 5.41) is 8.76. The van der Waals surface area contributed by atoms with E-state index in [1.807, 2.05) is 0 Å². The molecule has 4 rings (SSSR count). The molecule has 3 saturated carbocycles. The van der Waals surface area contributed by atoms with Crippen LogP contribution < -0.4 is 0 Å². The van der Waals surface area contributed by atoms with Crippen molar-refractivity contribution in [2.45, 2.75) is 77.7 Å². The summed E-state index contributed by atoms with van der Waals surface area (Å²) in [6.45, 7) is 4.96. The largest absolute Gasteiger partial charge is 0.481 e. The third kappa shape index (κ3) is 2.90. The van der Waals surface area contributed by atoms with Crippen LogP contribution in [-0.4, -0.2) is 23.1 Å². The van der Waals surface area contributed by atoms with Crippen LogP contribution in [0.25, 0.3) is 0 Å². The van der Waals surface area contributed by atoms with E-state index in [0.717, 1.165) is 37.0 Å². The van der Waals surface area contributed by atoms with E-state index < -0.39 is 18.4 Å². The number of esters is 1. The number of aliphatic carboxylic acids is 1.